The number of piperidine rings is 1. The third-order valence-electron chi connectivity index (χ3n) is 3.46. The van der Waals surface area contributed by atoms with Gasteiger partial charge in [-0.1, -0.05) is 18.2 Å². The Balaban J connectivity index is 1.65. The predicted octanol–water partition coefficient (Wildman–Crippen LogP) is 1.64. The Morgan fingerprint density at radius 1 is 1.17 bits per heavy atom. The van der Waals surface area contributed by atoms with Crippen LogP contribution in [0.2, 0.25) is 0 Å². The van der Waals surface area contributed by atoms with Gasteiger partial charge in [-0.05, 0) is 32.9 Å². The molecule has 1 saturated heterocycles. The molecule has 0 unspecified atom stereocenters. The largest absolute Gasteiger partial charge is 0.303 e. The van der Waals surface area contributed by atoms with E-state index >= 15 is 0 Å². The number of rotatable bonds is 3. The first kappa shape index (κ1) is 12.2. The average molecular weight is 265 g/mol. The Kier molecular flexibility index (Phi) is 3.65. The van der Waals surface area contributed by atoms with E-state index < -0.39 is 0 Å². The molecule has 3 rings (SSSR count). The van der Waals surface area contributed by atoms with Gasteiger partial charge in [-0.2, -0.15) is 9.78 Å². The highest BCUT2D eigenvalue weighted by Crippen LogP contribution is 2.21. The van der Waals surface area contributed by atoms with E-state index in [-0.39, 0.29) is 0 Å². The molecule has 1 aromatic rings. The van der Waals surface area contributed by atoms with Gasteiger partial charge in [0.25, 0.3) is 0 Å². The fraction of sp³-hybridized carbons (Fsp3) is 0.750. The second-order valence-corrected chi connectivity index (χ2v) is 5.93. The van der Waals surface area contributed by atoms with Crippen LogP contribution in [0, 0.1) is 0 Å². The van der Waals surface area contributed by atoms with Crippen molar-refractivity contribution in [3.8, 4) is 0 Å². The standard InChI is InChI=1S/C12H19N5S/c1-10-9-18-12-14-13-11(17(12)15-10)5-8-16-6-3-2-4-7-16/h2-9H2,1H3. The van der Waals surface area contributed by atoms with Crippen LogP contribution in [0.25, 0.3) is 0 Å². The van der Waals surface area contributed by atoms with Gasteiger partial charge in [0.05, 0.1) is 0 Å². The highest BCUT2D eigenvalue weighted by molar-refractivity contribution is 7.99. The first-order chi connectivity index (χ1) is 8.83. The van der Waals surface area contributed by atoms with E-state index in [1.165, 1.54) is 32.4 Å². The molecule has 0 N–H and O–H groups in total. The van der Waals surface area contributed by atoms with E-state index in [0.29, 0.717) is 0 Å². The molecule has 2 aliphatic heterocycles. The molecule has 1 fully saturated rings. The molecule has 2 aliphatic rings. The van der Waals surface area contributed by atoms with Crippen molar-refractivity contribution < 1.29 is 0 Å². The maximum atomic E-state index is 4.54. The molecular formula is C12H19N5S. The molecule has 98 valence electrons. The van der Waals surface area contributed by atoms with Gasteiger partial charge in [-0.3, -0.25) is 0 Å². The lowest BCUT2D eigenvalue weighted by atomic mass is 10.1. The van der Waals surface area contributed by atoms with Gasteiger partial charge in [-0.25, -0.2) is 0 Å². The van der Waals surface area contributed by atoms with E-state index in [4.69, 9.17) is 0 Å². The van der Waals surface area contributed by atoms with Gasteiger partial charge in [0.15, 0.2) is 5.82 Å². The van der Waals surface area contributed by atoms with Crippen molar-refractivity contribution in [2.24, 2.45) is 5.10 Å². The van der Waals surface area contributed by atoms with Gasteiger partial charge in [0.1, 0.15) is 0 Å². The maximum Gasteiger partial charge on any atom is 0.212 e. The Hall–Kier alpha value is -0.880. The van der Waals surface area contributed by atoms with E-state index in [0.717, 1.165) is 35.4 Å². The zero-order valence-corrected chi connectivity index (χ0v) is 11.6. The van der Waals surface area contributed by atoms with Crippen LogP contribution in [0.15, 0.2) is 10.3 Å². The second kappa shape index (κ2) is 5.40. The lowest BCUT2D eigenvalue weighted by molar-refractivity contribution is 0.229. The molecule has 0 radical (unpaired) electrons. The molecule has 6 heteroatoms. The smallest absolute Gasteiger partial charge is 0.212 e. The molecule has 0 amide bonds. The Labute approximate surface area is 112 Å². The fourth-order valence-corrected chi connectivity index (χ4v) is 3.21. The summed E-state index contributed by atoms with van der Waals surface area (Å²) in [5, 5.41) is 14.0. The van der Waals surface area contributed by atoms with Crippen LogP contribution in [0.5, 0.6) is 0 Å². The second-order valence-electron chi connectivity index (χ2n) is 4.99. The highest BCUT2D eigenvalue weighted by atomic mass is 32.2. The lowest BCUT2D eigenvalue weighted by Crippen LogP contribution is -2.32. The van der Waals surface area contributed by atoms with Crippen LogP contribution in [-0.2, 0) is 6.42 Å². The fourth-order valence-electron chi connectivity index (χ4n) is 2.45. The minimum Gasteiger partial charge on any atom is -0.303 e. The molecule has 3 heterocycles. The highest BCUT2D eigenvalue weighted by Gasteiger charge is 2.18. The van der Waals surface area contributed by atoms with Crippen LogP contribution in [-0.4, -0.2) is 50.9 Å². The van der Waals surface area contributed by atoms with E-state index in [9.17, 15) is 0 Å². The van der Waals surface area contributed by atoms with Gasteiger partial charge < -0.3 is 4.90 Å². The van der Waals surface area contributed by atoms with Crippen LogP contribution in [0.3, 0.4) is 0 Å². The van der Waals surface area contributed by atoms with Crippen molar-refractivity contribution in [3.05, 3.63) is 5.82 Å². The zero-order valence-electron chi connectivity index (χ0n) is 10.8. The van der Waals surface area contributed by atoms with Crippen LogP contribution in [0.1, 0.15) is 32.0 Å². The first-order valence-electron chi connectivity index (χ1n) is 6.67. The summed E-state index contributed by atoms with van der Waals surface area (Å²) in [4.78, 5) is 2.53. The Morgan fingerprint density at radius 2 is 2.00 bits per heavy atom. The molecule has 0 spiro atoms. The summed E-state index contributed by atoms with van der Waals surface area (Å²) in [6, 6.07) is 0. The molecule has 0 atom stereocenters. The molecule has 0 aliphatic carbocycles. The van der Waals surface area contributed by atoms with Crippen molar-refractivity contribution >= 4 is 17.5 Å². The first-order valence-corrected chi connectivity index (χ1v) is 7.65. The minimum absolute atomic E-state index is 0.935. The normalized spacial score (nSPS) is 20.6. The number of aromatic nitrogens is 3. The number of fused-ring (bicyclic) bond motifs is 1. The molecule has 1 aromatic heterocycles. The van der Waals surface area contributed by atoms with E-state index in [1.807, 2.05) is 4.68 Å². The molecular weight excluding hydrogens is 246 g/mol. The van der Waals surface area contributed by atoms with Gasteiger partial charge in [0.2, 0.25) is 5.16 Å². The number of nitrogens with zero attached hydrogens (tertiary/aromatic N) is 5. The summed E-state index contributed by atoms with van der Waals surface area (Å²) in [5.41, 5.74) is 1.14. The van der Waals surface area contributed by atoms with Crippen LogP contribution in [0.4, 0.5) is 0 Å². The van der Waals surface area contributed by atoms with Crippen molar-refractivity contribution in [1.82, 2.24) is 19.8 Å². The van der Waals surface area contributed by atoms with E-state index in [1.54, 1.807) is 11.8 Å². The Bertz CT molecular complexity index is 447. The number of hydrogen-bond acceptors (Lipinski definition) is 5. The molecule has 18 heavy (non-hydrogen) atoms. The average Bonchev–Trinajstić information content (AvgIpc) is 2.80. The third-order valence-corrected chi connectivity index (χ3v) is 4.53. The van der Waals surface area contributed by atoms with Gasteiger partial charge in [-0.15, -0.1) is 10.2 Å². The summed E-state index contributed by atoms with van der Waals surface area (Å²) >= 11 is 1.72. The molecule has 5 nitrogen and oxygen atoms in total. The SMILES string of the molecule is CC1=Nn2c(CCN3CCCCC3)nnc2SC1. The summed E-state index contributed by atoms with van der Waals surface area (Å²) in [7, 11) is 0. The Morgan fingerprint density at radius 3 is 2.83 bits per heavy atom. The monoisotopic (exact) mass is 265 g/mol. The summed E-state index contributed by atoms with van der Waals surface area (Å²) < 4.78 is 1.92. The van der Waals surface area contributed by atoms with Crippen molar-refractivity contribution in [2.75, 3.05) is 25.4 Å². The summed E-state index contributed by atoms with van der Waals surface area (Å²) in [6.45, 7) is 5.61. The van der Waals surface area contributed by atoms with Crippen molar-refractivity contribution in [1.29, 1.82) is 0 Å². The lowest BCUT2D eigenvalue weighted by Gasteiger charge is -2.26. The van der Waals surface area contributed by atoms with Crippen molar-refractivity contribution in [2.45, 2.75) is 37.8 Å². The van der Waals surface area contributed by atoms with Crippen LogP contribution < -0.4 is 0 Å². The predicted molar refractivity (Wildman–Crippen MR) is 73.2 cm³/mol. The van der Waals surface area contributed by atoms with Crippen molar-refractivity contribution in [3.63, 3.8) is 0 Å². The quantitative estimate of drug-likeness (QED) is 0.833. The number of thioether (sulfide) groups is 1. The minimum atomic E-state index is 0.935. The number of likely N-dealkylation sites (tertiary alicyclic amines) is 1. The summed E-state index contributed by atoms with van der Waals surface area (Å²) in [5.74, 6) is 1.94. The molecule has 0 bridgehead atoms. The molecule has 0 aromatic carbocycles. The zero-order chi connectivity index (χ0) is 12.4. The van der Waals surface area contributed by atoms with E-state index in [2.05, 4.69) is 27.1 Å². The molecule has 0 saturated carbocycles. The third kappa shape index (κ3) is 2.59. The van der Waals surface area contributed by atoms with Gasteiger partial charge >= 0.3 is 0 Å². The number of hydrogen-bond donors (Lipinski definition) is 0. The maximum absolute atomic E-state index is 4.54. The van der Waals surface area contributed by atoms with Crippen LogP contribution >= 0.6 is 11.8 Å². The topological polar surface area (TPSA) is 46.3 Å². The summed E-state index contributed by atoms with van der Waals surface area (Å²) in [6.07, 6.45) is 5.01. The van der Waals surface area contributed by atoms with Gasteiger partial charge in [0, 0.05) is 24.4 Å².